The van der Waals surface area contributed by atoms with Crippen molar-refractivity contribution in [3.05, 3.63) is 99.2 Å². The number of nitrogens with one attached hydrogen (secondary N) is 2. The number of hydrogen-bond acceptors (Lipinski definition) is 4. The molecule has 3 atom stereocenters. The number of benzene rings is 2. The number of rotatable bonds is 7. The van der Waals surface area contributed by atoms with Gasteiger partial charge in [-0.1, -0.05) is 12.1 Å². The zero-order valence-electron chi connectivity index (χ0n) is 20.2. The van der Waals surface area contributed by atoms with Gasteiger partial charge in [0.2, 0.25) is 0 Å². The second-order valence-electron chi connectivity index (χ2n) is 9.54. The quantitative estimate of drug-likeness (QED) is 0.395. The summed E-state index contributed by atoms with van der Waals surface area (Å²) in [5, 5.41) is 4.06. The highest BCUT2D eigenvalue weighted by molar-refractivity contribution is 5.94. The number of likely N-dealkylation sites (tertiary alicyclic amines) is 1. The molecule has 36 heavy (non-hydrogen) atoms. The molecular formula is C28H30FN4O3+. The molecule has 3 heterocycles. The van der Waals surface area contributed by atoms with Crippen molar-refractivity contribution in [1.29, 1.82) is 0 Å². The first-order valence-electron chi connectivity index (χ1n) is 12.4. The van der Waals surface area contributed by atoms with Gasteiger partial charge in [-0.25, -0.2) is 9.82 Å². The highest BCUT2D eigenvalue weighted by Gasteiger charge is 2.37. The van der Waals surface area contributed by atoms with E-state index in [-0.39, 0.29) is 11.1 Å². The fourth-order valence-corrected chi connectivity index (χ4v) is 5.51. The van der Waals surface area contributed by atoms with E-state index in [0.717, 1.165) is 55.2 Å². The first kappa shape index (κ1) is 23.9. The monoisotopic (exact) mass is 489 g/mol. The lowest BCUT2D eigenvalue weighted by Gasteiger charge is -2.40. The molecular weight excluding hydrogens is 459 g/mol. The molecule has 1 saturated heterocycles. The summed E-state index contributed by atoms with van der Waals surface area (Å²) in [4.78, 5) is 26.0. The third-order valence-electron chi connectivity index (χ3n) is 6.96. The molecule has 186 valence electrons. The molecule has 7 nitrogen and oxygen atoms in total. The SMILES string of the molecule is CCOc1ccc(C=NNC(=O)c2cccc(F)c2)cc1C[NH+]1CC2CC(C1)c1cccc(=O)n1C2. The van der Waals surface area contributed by atoms with Crippen LogP contribution >= 0.6 is 0 Å². The van der Waals surface area contributed by atoms with Crippen LogP contribution < -0.4 is 20.6 Å². The molecule has 1 fully saturated rings. The maximum absolute atomic E-state index is 13.4. The number of amides is 1. The second kappa shape index (κ2) is 10.5. The van der Waals surface area contributed by atoms with Gasteiger partial charge in [0.25, 0.3) is 11.5 Å². The Hall–Kier alpha value is -3.78. The number of nitrogens with zero attached hydrogens (tertiary/aromatic N) is 2. The fourth-order valence-electron chi connectivity index (χ4n) is 5.51. The van der Waals surface area contributed by atoms with Crippen molar-refractivity contribution in [2.45, 2.75) is 32.4 Å². The topological polar surface area (TPSA) is 77.1 Å². The average Bonchev–Trinajstić information content (AvgIpc) is 2.86. The number of piperidine rings is 1. The molecule has 2 aliphatic heterocycles. The van der Waals surface area contributed by atoms with Gasteiger partial charge in [0.1, 0.15) is 18.1 Å². The number of hydrogen-bond donors (Lipinski definition) is 2. The predicted molar refractivity (Wildman–Crippen MR) is 135 cm³/mol. The number of hydrazone groups is 1. The summed E-state index contributed by atoms with van der Waals surface area (Å²) in [5.74, 6) is 0.756. The molecule has 0 spiro atoms. The van der Waals surface area contributed by atoms with Gasteiger partial charge in [-0.2, -0.15) is 5.10 Å². The van der Waals surface area contributed by atoms with Gasteiger partial charge in [0, 0.05) is 41.3 Å². The molecule has 1 aromatic heterocycles. The lowest BCUT2D eigenvalue weighted by molar-refractivity contribution is -0.924. The van der Waals surface area contributed by atoms with Gasteiger partial charge >= 0.3 is 0 Å². The number of carbonyl (C=O) groups is 1. The van der Waals surface area contributed by atoms with Crippen molar-refractivity contribution >= 4 is 12.1 Å². The Morgan fingerprint density at radius 1 is 1.19 bits per heavy atom. The molecule has 2 aliphatic rings. The Kier molecular flexibility index (Phi) is 6.95. The van der Waals surface area contributed by atoms with E-state index < -0.39 is 11.7 Å². The molecule has 2 bridgehead atoms. The fraction of sp³-hybridized carbons (Fsp3) is 0.321. The highest BCUT2D eigenvalue weighted by atomic mass is 19.1. The molecule has 0 saturated carbocycles. The number of fused-ring (bicyclic) bond motifs is 4. The summed E-state index contributed by atoms with van der Waals surface area (Å²) in [5.41, 5.74) is 5.83. The zero-order chi connectivity index (χ0) is 25.1. The standard InChI is InChI=1S/C28H29FN4O3/c1-2-36-26-10-9-19(14-30-31-28(35)21-5-3-6-24(29)13-21)11-23(26)18-32-15-20-12-22(17-32)25-7-4-8-27(34)33(25)16-20/h3-11,13-14,20,22H,2,12,15-18H2,1H3,(H,31,35)/p+1. The van der Waals surface area contributed by atoms with Crippen LogP contribution in [0.2, 0.25) is 0 Å². The molecule has 1 amide bonds. The van der Waals surface area contributed by atoms with Crippen molar-refractivity contribution < 1.29 is 18.8 Å². The number of aromatic nitrogens is 1. The van der Waals surface area contributed by atoms with E-state index in [1.807, 2.05) is 35.8 Å². The molecule has 2 aromatic carbocycles. The minimum Gasteiger partial charge on any atom is -0.493 e. The lowest BCUT2D eigenvalue weighted by Crippen LogP contribution is -3.13. The first-order valence-corrected chi connectivity index (χ1v) is 12.4. The van der Waals surface area contributed by atoms with E-state index in [9.17, 15) is 14.0 Å². The second-order valence-corrected chi connectivity index (χ2v) is 9.54. The van der Waals surface area contributed by atoms with Crippen LogP contribution in [-0.2, 0) is 13.1 Å². The summed E-state index contributed by atoms with van der Waals surface area (Å²) in [6.45, 7) is 6.09. The Morgan fingerprint density at radius 2 is 2.06 bits per heavy atom. The summed E-state index contributed by atoms with van der Waals surface area (Å²) in [6, 6.07) is 17.0. The van der Waals surface area contributed by atoms with Crippen molar-refractivity contribution in [3.8, 4) is 5.75 Å². The van der Waals surface area contributed by atoms with Crippen molar-refractivity contribution in [2.75, 3.05) is 19.7 Å². The number of halogens is 1. The van der Waals surface area contributed by atoms with Gasteiger partial charge in [0.15, 0.2) is 0 Å². The minimum absolute atomic E-state index is 0.0979. The van der Waals surface area contributed by atoms with Gasteiger partial charge in [-0.15, -0.1) is 0 Å². The Labute approximate surface area is 209 Å². The van der Waals surface area contributed by atoms with E-state index in [4.69, 9.17) is 4.74 Å². The van der Waals surface area contributed by atoms with Crippen LogP contribution in [0.1, 0.15) is 46.4 Å². The van der Waals surface area contributed by atoms with Crippen molar-refractivity contribution in [1.82, 2.24) is 9.99 Å². The van der Waals surface area contributed by atoms with Crippen molar-refractivity contribution in [2.24, 2.45) is 11.0 Å². The zero-order valence-corrected chi connectivity index (χ0v) is 20.2. The van der Waals surface area contributed by atoms with Crippen LogP contribution in [0.15, 0.2) is 70.6 Å². The van der Waals surface area contributed by atoms with E-state index >= 15 is 0 Å². The van der Waals surface area contributed by atoms with Crippen LogP contribution in [0.4, 0.5) is 4.39 Å². The summed E-state index contributed by atoms with van der Waals surface area (Å²) < 4.78 is 21.2. The normalized spacial score (nSPS) is 20.7. The third kappa shape index (κ3) is 5.23. The van der Waals surface area contributed by atoms with Gasteiger partial charge < -0.3 is 14.2 Å². The van der Waals surface area contributed by atoms with Crippen LogP contribution in [0, 0.1) is 11.7 Å². The number of carbonyl (C=O) groups excluding carboxylic acids is 1. The van der Waals surface area contributed by atoms with Crippen molar-refractivity contribution in [3.63, 3.8) is 0 Å². The molecule has 0 radical (unpaired) electrons. The van der Waals surface area contributed by atoms with Gasteiger partial charge in [-0.3, -0.25) is 9.59 Å². The predicted octanol–water partition coefficient (Wildman–Crippen LogP) is 2.35. The summed E-state index contributed by atoms with van der Waals surface area (Å²) in [7, 11) is 0. The maximum Gasteiger partial charge on any atom is 0.271 e. The third-order valence-corrected chi connectivity index (χ3v) is 6.96. The van der Waals surface area contributed by atoms with E-state index in [1.54, 1.807) is 12.3 Å². The minimum atomic E-state index is -0.472. The molecule has 2 N–H and O–H groups in total. The van der Waals surface area contributed by atoms with E-state index in [2.05, 4.69) is 16.6 Å². The lowest BCUT2D eigenvalue weighted by atomic mass is 9.83. The Morgan fingerprint density at radius 3 is 2.89 bits per heavy atom. The van der Waals surface area contributed by atoms with Crippen LogP contribution in [0.25, 0.3) is 0 Å². The number of pyridine rings is 1. The van der Waals surface area contributed by atoms with Crippen LogP contribution in [0.3, 0.4) is 0 Å². The molecule has 3 aromatic rings. The van der Waals surface area contributed by atoms with E-state index in [0.29, 0.717) is 18.4 Å². The Bertz CT molecular complexity index is 1350. The first-order chi connectivity index (χ1) is 17.5. The highest BCUT2D eigenvalue weighted by Crippen LogP contribution is 2.30. The van der Waals surface area contributed by atoms with E-state index in [1.165, 1.54) is 29.2 Å². The summed E-state index contributed by atoms with van der Waals surface area (Å²) in [6.07, 6.45) is 2.71. The smallest absolute Gasteiger partial charge is 0.271 e. The number of quaternary nitrogens is 1. The maximum atomic E-state index is 13.4. The molecule has 8 heteroatoms. The van der Waals surface area contributed by atoms with Crippen LogP contribution in [0.5, 0.6) is 5.75 Å². The molecule has 3 unspecified atom stereocenters. The van der Waals surface area contributed by atoms with Crippen LogP contribution in [-0.4, -0.2) is 36.4 Å². The molecule has 5 rings (SSSR count). The summed E-state index contributed by atoms with van der Waals surface area (Å²) >= 11 is 0. The largest absolute Gasteiger partial charge is 0.493 e. The molecule has 0 aliphatic carbocycles. The van der Waals surface area contributed by atoms with Gasteiger partial charge in [-0.05, 0) is 61.4 Å². The average molecular weight is 490 g/mol. The Balaban J connectivity index is 1.30. The number of ether oxygens (including phenoxy) is 1. The van der Waals surface area contributed by atoms with Gasteiger partial charge in [0.05, 0.1) is 25.9 Å².